The van der Waals surface area contributed by atoms with Gasteiger partial charge in [0.2, 0.25) is 5.91 Å². The minimum Gasteiger partial charge on any atom is -0.465 e. The van der Waals surface area contributed by atoms with Gasteiger partial charge in [0.1, 0.15) is 6.54 Å². The molecule has 0 saturated heterocycles. The Morgan fingerprint density at radius 1 is 1.10 bits per heavy atom. The van der Waals surface area contributed by atoms with Crippen molar-refractivity contribution in [2.75, 3.05) is 20.2 Å². The van der Waals surface area contributed by atoms with Gasteiger partial charge in [0.15, 0.2) is 0 Å². The summed E-state index contributed by atoms with van der Waals surface area (Å²) in [5.74, 6) is -0.409. The molecular formula is C16H23NO3. The Hall–Kier alpha value is -1.84. The molecule has 1 amide bonds. The topological polar surface area (TPSA) is 46.6 Å². The molecule has 0 radical (unpaired) electrons. The first-order chi connectivity index (χ1) is 9.56. The fourth-order valence-corrected chi connectivity index (χ4v) is 1.87. The number of ether oxygens (including phenoxy) is 1. The van der Waals surface area contributed by atoms with Crippen LogP contribution in [0.25, 0.3) is 0 Å². The van der Waals surface area contributed by atoms with Crippen molar-refractivity contribution >= 4 is 11.9 Å². The lowest BCUT2D eigenvalue weighted by molar-refractivity contribution is -0.148. The Labute approximate surface area is 120 Å². The van der Waals surface area contributed by atoms with E-state index in [1.54, 1.807) is 14.0 Å². The number of benzene rings is 1. The summed E-state index contributed by atoms with van der Waals surface area (Å²) in [7, 11) is 1.62. The number of aryl methyl sites for hydroxylation is 2. The first kappa shape index (κ1) is 16.2. The number of nitrogens with zero attached hydrogens (tertiary/aromatic N) is 1. The molecule has 0 atom stereocenters. The van der Waals surface area contributed by atoms with Crippen LogP contribution in [-0.2, 0) is 27.2 Å². The maximum atomic E-state index is 11.9. The summed E-state index contributed by atoms with van der Waals surface area (Å²) < 4.78 is 4.82. The lowest BCUT2D eigenvalue weighted by Gasteiger charge is -2.16. The molecule has 0 aromatic heterocycles. The Kier molecular flexibility index (Phi) is 6.77. The molecular weight excluding hydrogens is 254 g/mol. The summed E-state index contributed by atoms with van der Waals surface area (Å²) in [5, 5.41) is 0. The highest BCUT2D eigenvalue weighted by Crippen LogP contribution is 2.08. The van der Waals surface area contributed by atoms with Gasteiger partial charge in [-0.15, -0.1) is 0 Å². The van der Waals surface area contributed by atoms with E-state index in [0.29, 0.717) is 19.4 Å². The molecule has 0 N–H and O–H groups in total. The zero-order valence-corrected chi connectivity index (χ0v) is 12.5. The standard InChI is InChI=1S/C16H23NO3/c1-4-13-6-8-14(9-7-13)10-11-15(18)17(3)12-16(19)20-5-2/h6-9H,4-5,10-12H2,1-3H3. The highest BCUT2D eigenvalue weighted by atomic mass is 16.5. The highest BCUT2D eigenvalue weighted by molar-refractivity contribution is 5.81. The summed E-state index contributed by atoms with van der Waals surface area (Å²) in [6, 6.07) is 8.28. The summed E-state index contributed by atoms with van der Waals surface area (Å²) in [6.07, 6.45) is 2.11. The van der Waals surface area contributed by atoms with Crippen molar-refractivity contribution in [3.63, 3.8) is 0 Å². The molecule has 4 nitrogen and oxygen atoms in total. The largest absolute Gasteiger partial charge is 0.465 e. The lowest BCUT2D eigenvalue weighted by Crippen LogP contribution is -2.33. The van der Waals surface area contributed by atoms with Crippen LogP contribution in [0, 0.1) is 0 Å². The second kappa shape index (κ2) is 8.35. The Balaban J connectivity index is 2.39. The monoisotopic (exact) mass is 277 g/mol. The van der Waals surface area contributed by atoms with Crippen LogP contribution in [0.5, 0.6) is 0 Å². The molecule has 0 spiro atoms. The minimum absolute atomic E-state index is 0.0153. The van der Waals surface area contributed by atoms with Crippen LogP contribution >= 0.6 is 0 Å². The molecule has 0 bridgehead atoms. The molecule has 0 saturated carbocycles. The van der Waals surface area contributed by atoms with Crippen molar-refractivity contribution in [3.05, 3.63) is 35.4 Å². The first-order valence-electron chi connectivity index (χ1n) is 7.04. The molecule has 0 aliphatic rings. The quantitative estimate of drug-likeness (QED) is 0.718. The number of hydrogen-bond donors (Lipinski definition) is 0. The maximum Gasteiger partial charge on any atom is 0.325 e. The molecule has 1 aromatic carbocycles. The van der Waals surface area contributed by atoms with Crippen LogP contribution in [0.4, 0.5) is 0 Å². The molecule has 1 aromatic rings. The minimum atomic E-state index is -0.365. The van der Waals surface area contributed by atoms with E-state index in [1.165, 1.54) is 10.5 Å². The van der Waals surface area contributed by atoms with Crippen LogP contribution in [0.1, 0.15) is 31.4 Å². The smallest absolute Gasteiger partial charge is 0.325 e. The van der Waals surface area contributed by atoms with E-state index >= 15 is 0 Å². The van der Waals surface area contributed by atoms with Gasteiger partial charge in [-0.1, -0.05) is 31.2 Å². The predicted molar refractivity (Wildman–Crippen MR) is 78.4 cm³/mol. The fraction of sp³-hybridized carbons (Fsp3) is 0.500. The van der Waals surface area contributed by atoms with Crippen molar-refractivity contribution in [1.29, 1.82) is 0 Å². The van der Waals surface area contributed by atoms with Gasteiger partial charge < -0.3 is 9.64 Å². The van der Waals surface area contributed by atoms with E-state index in [9.17, 15) is 9.59 Å². The SMILES string of the molecule is CCOC(=O)CN(C)C(=O)CCc1ccc(CC)cc1. The van der Waals surface area contributed by atoms with Crippen LogP contribution in [0.2, 0.25) is 0 Å². The third kappa shape index (κ3) is 5.43. The molecule has 0 aliphatic heterocycles. The molecule has 0 heterocycles. The normalized spacial score (nSPS) is 10.2. The first-order valence-corrected chi connectivity index (χ1v) is 7.04. The summed E-state index contributed by atoms with van der Waals surface area (Å²) in [4.78, 5) is 24.6. The Bertz CT molecular complexity index is 440. The average molecular weight is 277 g/mol. The number of carbonyl (C=O) groups is 2. The Morgan fingerprint density at radius 2 is 1.70 bits per heavy atom. The van der Waals surface area contributed by atoms with E-state index in [1.807, 2.05) is 0 Å². The molecule has 110 valence electrons. The van der Waals surface area contributed by atoms with Gasteiger partial charge in [-0.25, -0.2) is 0 Å². The van der Waals surface area contributed by atoms with E-state index in [0.717, 1.165) is 12.0 Å². The van der Waals surface area contributed by atoms with Crippen molar-refractivity contribution in [2.24, 2.45) is 0 Å². The lowest BCUT2D eigenvalue weighted by atomic mass is 10.1. The number of esters is 1. The van der Waals surface area contributed by atoms with E-state index in [-0.39, 0.29) is 18.4 Å². The van der Waals surface area contributed by atoms with E-state index < -0.39 is 0 Å². The van der Waals surface area contributed by atoms with Crippen molar-refractivity contribution < 1.29 is 14.3 Å². The van der Waals surface area contributed by atoms with Crippen LogP contribution in [0.15, 0.2) is 24.3 Å². The van der Waals surface area contributed by atoms with Gasteiger partial charge in [-0.2, -0.15) is 0 Å². The number of likely N-dealkylation sites (N-methyl/N-ethyl adjacent to an activating group) is 1. The highest BCUT2D eigenvalue weighted by Gasteiger charge is 2.13. The third-order valence-corrected chi connectivity index (χ3v) is 3.16. The predicted octanol–water partition coefficient (Wildman–Crippen LogP) is 2.20. The van der Waals surface area contributed by atoms with Gasteiger partial charge in [-0.05, 0) is 30.9 Å². The third-order valence-electron chi connectivity index (χ3n) is 3.16. The van der Waals surface area contributed by atoms with Gasteiger partial charge in [0, 0.05) is 13.5 Å². The summed E-state index contributed by atoms with van der Waals surface area (Å²) in [6.45, 7) is 4.22. The van der Waals surface area contributed by atoms with Crippen LogP contribution in [-0.4, -0.2) is 37.0 Å². The van der Waals surface area contributed by atoms with E-state index in [2.05, 4.69) is 31.2 Å². The van der Waals surface area contributed by atoms with Crippen molar-refractivity contribution in [3.8, 4) is 0 Å². The van der Waals surface area contributed by atoms with E-state index in [4.69, 9.17) is 4.74 Å². The van der Waals surface area contributed by atoms with Gasteiger partial charge in [-0.3, -0.25) is 9.59 Å². The molecule has 0 aliphatic carbocycles. The average Bonchev–Trinajstić information content (AvgIpc) is 2.45. The molecule has 4 heteroatoms. The number of carbonyl (C=O) groups excluding carboxylic acids is 2. The maximum absolute atomic E-state index is 11.9. The zero-order valence-electron chi connectivity index (χ0n) is 12.5. The fourth-order valence-electron chi connectivity index (χ4n) is 1.87. The molecule has 0 fully saturated rings. The van der Waals surface area contributed by atoms with Crippen molar-refractivity contribution in [2.45, 2.75) is 33.1 Å². The number of amides is 1. The van der Waals surface area contributed by atoms with Crippen molar-refractivity contribution in [1.82, 2.24) is 4.90 Å². The van der Waals surface area contributed by atoms with Crippen LogP contribution < -0.4 is 0 Å². The second-order valence-corrected chi connectivity index (χ2v) is 4.72. The molecule has 1 rings (SSSR count). The zero-order chi connectivity index (χ0) is 15.0. The number of hydrogen-bond acceptors (Lipinski definition) is 3. The van der Waals surface area contributed by atoms with Gasteiger partial charge >= 0.3 is 5.97 Å². The Morgan fingerprint density at radius 3 is 2.25 bits per heavy atom. The summed E-state index contributed by atoms with van der Waals surface area (Å²) in [5.41, 5.74) is 2.43. The van der Waals surface area contributed by atoms with Gasteiger partial charge in [0.05, 0.1) is 6.61 Å². The molecule has 0 unspecified atom stereocenters. The van der Waals surface area contributed by atoms with Crippen LogP contribution in [0.3, 0.4) is 0 Å². The number of rotatable bonds is 7. The molecule has 20 heavy (non-hydrogen) atoms. The summed E-state index contributed by atoms with van der Waals surface area (Å²) >= 11 is 0. The second-order valence-electron chi connectivity index (χ2n) is 4.72. The van der Waals surface area contributed by atoms with Gasteiger partial charge in [0.25, 0.3) is 0 Å².